The second-order valence-corrected chi connectivity index (χ2v) is 7.57. The lowest BCUT2D eigenvalue weighted by molar-refractivity contribution is 0.469. The van der Waals surface area contributed by atoms with E-state index in [9.17, 15) is 8.42 Å². The quantitative estimate of drug-likeness (QED) is 0.885. The van der Waals surface area contributed by atoms with E-state index in [1.165, 1.54) is 4.31 Å². The molecule has 0 radical (unpaired) electrons. The first-order valence-corrected chi connectivity index (χ1v) is 8.68. The predicted molar refractivity (Wildman–Crippen MR) is 81.0 cm³/mol. The topological polar surface area (TPSA) is 68.3 Å². The van der Waals surface area contributed by atoms with Gasteiger partial charge in [0.1, 0.15) is 4.90 Å². The molecule has 5 nitrogen and oxygen atoms in total. The molecule has 0 saturated heterocycles. The van der Waals surface area contributed by atoms with Crippen LogP contribution in [-0.4, -0.2) is 24.3 Å². The van der Waals surface area contributed by atoms with Crippen LogP contribution >= 0.6 is 11.3 Å². The normalized spacial score (nSPS) is 12.2. The average molecular weight is 313 g/mol. The first-order valence-electron chi connectivity index (χ1n) is 6.37. The summed E-state index contributed by atoms with van der Waals surface area (Å²) in [6.07, 6.45) is 1.66. The van der Waals surface area contributed by atoms with E-state index in [2.05, 4.69) is 0 Å². The van der Waals surface area contributed by atoms with Crippen molar-refractivity contribution >= 4 is 21.4 Å². The summed E-state index contributed by atoms with van der Waals surface area (Å²) in [5.74, 6) is 0. The molecule has 0 bridgehead atoms. The van der Waals surface area contributed by atoms with Crippen molar-refractivity contribution < 1.29 is 8.42 Å². The molecule has 0 aromatic carbocycles. The molecule has 20 heavy (non-hydrogen) atoms. The summed E-state index contributed by atoms with van der Waals surface area (Å²) < 4.78 is 28.3. The first kappa shape index (κ1) is 15.2. The molecule has 0 amide bonds. The van der Waals surface area contributed by atoms with Gasteiger partial charge in [0.15, 0.2) is 0 Å². The van der Waals surface area contributed by atoms with E-state index >= 15 is 0 Å². The standard InChI is InChI=1S/C13H19N3O2S2/c1-3-16-10-13(7-11(16)8-14)20(17,18)15(2)9-12-5-4-6-19-12/h4-7,10H,3,8-9,14H2,1-2H3. The van der Waals surface area contributed by atoms with Gasteiger partial charge >= 0.3 is 0 Å². The molecule has 0 atom stereocenters. The van der Waals surface area contributed by atoms with Gasteiger partial charge in [-0.05, 0) is 24.4 Å². The largest absolute Gasteiger partial charge is 0.349 e. The van der Waals surface area contributed by atoms with Gasteiger partial charge in [-0.3, -0.25) is 0 Å². The zero-order valence-corrected chi connectivity index (χ0v) is 13.2. The third kappa shape index (κ3) is 2.95. The van der Waals surface area contributed by atoms with Gasteiger partial charge in [0, 0.05) is 43.4 Å². The van der Waals surface area contributed by atoms with Crippen LogP contribution in [0.3, 0.4) is 0 Å². The first-order chi connectivity index (χ1) is 9.48. The maximum absolute atomic E-state index is 12.5. The number of nitrogens with zero attached hydrogens (tertiary/aromatic N) is 2. The van der Waals surface area contributed by atoms with Crippen molar-refractivity contribution in [2.45, 2.75) is 31.5 Å². The van der Waals surface area contributed by atoms with Crippen molar-refractivity contribution in [3.8, 4) is 0 Å². The fourth-order valence-corrected chi connectivity index (χ4v) is 4.07. The van der Waals surface area contributed by atoms with Crippen LogP contribution in [-0.2, 0) is 29.7 Å². The minimum atomic E-state index is -3.47. The van der Waals surface area contributed by atoms with E-state index in [0.29, 0.717) is 24.5 Å². The van der Waals surface area contributed by atoms with Crippen molar-refractivity contribution in [3.63, 3.8) is 0 Å². The molecule has 2 aromatic rings. The molecule has 110 valence electrons. The predicted octanol–water partition coefficient (Wildman–Crippen LogP) is 1.85. The minimum absolute atomic E-state index is 0.304. The number of hydrogen-bond acceptors (Lipinski definition) is 4. The summed E-state index contributed by atoms with van der Waals surface area (Å²) in [4.78, 5) is 1.32. The van der Waals surface area contributed by atoms with Crippen molar-refractivity contribution in [2.24, 2.45) is 5.73 Å². The van der Waals surface area contributed by atoms with Gasteiger partial charge in [0.2, 0.25) is 10.0 Å². The molecule has 2 N–H and O–H groups in total. The fourth-order valence-electron chi connectivity index (χ4n) is 2.02. The molecule has 0 aliphatic heterocycles. The lowest BCUT2D eigenvalue weighted by Crippen LogP contribution is -2.25. The van der Waals surface area contributed by atoms with Crippen molar-refractivity contribution in [1.29, 1.82) is 0 Å². The highest BCUT2D eigenvalue weighted by atomic mass is 32.2. The van der Waals surface area contributed by atoms with Gasteiger partial charge < -0.3 is 10.3 Å². The van der Waals surface area contributed by atoms with Crippen LogP contribution < -0.4 is 5.73 Å². The molecule has 2 heterocycles. The number of thiophene rings is 1. The van der Waals surface area contributed by atoms with Crippen LogP contribution in [0.25, 0.3) is 0 Å². The highest BCUT2D eigenvalue weighted by molar-refractivity contribution is 7.89. The maximum Gasteiger partial charge on any atom is 0.244 e. The Bertz CT molecular complexity index is 638. The Kier molecular flexibility index (Phi) is 4.64. The van der Waals surface area contributed by atoms with Crippen LogP contribution in [0.4, 0.5) is 0 Å². The molecule has 0 fully saturated rings. The van der Waals surface area contributed by atoms with Crippen LogP contribution in [0.2, 0.25) is 0 Å². The summed E-state index contributed by atoms with van der Waals surface area (Å²) >= 11 is 1.55. The number of rotatable bonds is 6. The van der Waals surface area contributed by atoms with Crippen molar-refractivity contribution in [2.75, 3.05) is 7.05 Å². The summed E-state index contributed by atoms with van der Waals surface area (Å²) in [5, 5.41) is 1.94. The molecular weight excluding hydrogens is 294 g/mol. The van der Waals surface area contributed by atoms with Gasteiger partial charge in [-0.1, -0.05) is 6.07 Å². The lowest BCUT2D eigenvalue weighted by atomic mass is 10.4. The average Bonchev–Trinajstić information content (AvgIpc) is 3.06. The molecule has 0 unspecified atom stereocenters. The summed E-state index contributed by atoms with van der Waals surface area (Å²) in [6, 6.07) is 5.50. The molecule has 0 aliphatic carbocycles. The van der Waals surface area contributed by atoms with E-state index in [1.54, 1.807) is 30.6 Å². The highest BCUT2D eigenvalue weighted by Crippen LogP contribution is 2.21. The van der Waals surface area contributed by atoms with Gasteiger partial charge in [0.25, 0.3) is 0 Å². The van der Waals surface area contributed by atoms with Crippen LogP contribution in [0.1, 0.15) is 17.5 Å². The Hall–Kier alpha value is -1.15. The van der Waals surface area contributed by atoms with Crippen molar-refractivity contribution in [1.82, 2.24) is 8.87 Å². The molecule has 0 aliphatic rings. The minimum Gasteiger partial charge on any atom is -0.349 e. The van der Waals surface area contributed by atoms with Crippen LogP contribution in [0, 0.1) is 0 Å². The van der Waals surface area contributed by atoms with E-state index in [4.69, 9.17) is 5.73 Å². The van der Waals surface area contributed by atoms with Gasteiger partial charge in [-0.2, -0.15) is 4.31 Å². The second-order valence-electron chi connectivity index (χ2n) is 4.50. The van der Waals surface area contributed by atoms with Gasteiger partial charge in [-0.15, -0.1) is 11.3 Å². The van der Waals surface area contributed by atoms with E-state index in [0.717, 1.165) is 10.6 Å². The monoisotopic (exact) mass is 313 g/mol. The highest BCUT2D eigenvalue weighted by Gasteiger charge is 2.23. The molecule has 2 aromatic heterocycles. The number of hydrogen-bond donors (Lipinski definition) is 1. The van der Waals surface area contributed by atoms with Crippen LogP contribution in [0.15, 0.2) is 34.7 Å². The van der Waals surface area contributed by atoms with Gasteiger partial charge in [0.05, 0.1) is 0 Å². The maximum atomic E-state index is 12.5. The van der Waals surface area contributed by atoms with Gasteiger partial charge in [-0.25, -0.2) is 8.42 Å². The Morgan fingerprint density at radius 2 is 2.20 bits per heavy atom. The number of sulfonamides is 1. The molecule has 0 saturated carbocycles. The third-order valence-corrected chi connectivity index (χ3v) is 5.81. The SMILES string of the molecule is CCn1cc(S(=O)(=O)N(C)Cc2cccs2)cc1CN. The Morgan fingerprint density at radius 3 is 2.70 bits per heavy atom. The summed E-state index contributed by atoms with van der Waals surface area (Å²) in [7, 11) is -1.88. The Morgan fingerprint density at radius 1 is 1.45 bits per heavy atom. The molecule has 7 heteroatoms. The number of aryl methyl sites for hydroxylation is 1. The zero-order valence-electron chi connectivity index (χ0n) is 11.6. The Labute approximate surface area is 123 Å². The Balaban J connectivity index is 2.27. The van der Waals surface area contributed by atoms with Crippen molar-refractivity contribution in [3.05, 3.63) is 40.3 Å². The molecule has 2 rings (SSSR count). The number of aromatic nitrogens is 1. The van der Waals surface area contributed by atoms with E-state index in [1.807, 2.05) is 29.0 Å². The lowest BCUT2D eigenvalue weighted by Gasteiger charge is -2.15. The zero-order chi connectivity index (χ0) is 14.8. The molecular formula is C13H19N3O2S2. The fraction of sp³-hybridized carbons (Fsp3) is 0.385. The van der Waals surface area contributed by atoms with Crippen LogP contribution in [0.5, 0.6) is 0 Å². The van der Waals surface area contributed by atoms with E-state index in [-0.39, 0.29) is 0 Å². The third-order valence-electron chi connectivity index (χ3n) is 3.18. The summed E-state index contributed by atoms with van der Waals surface area (Å²) in [6.45, 7) is 3.38. The second kappa shape index (κ2) is 6.09. The van der Waals surface area contributed by atoms with E-state index < -0.39 is 10.0 Å². The number of nitrogens with two attached hydrogens (primary N) is 1. The smallest absolute Gasteiger partial charge is 0.244 e. The molecule has 0 spiro atoms. The summed E-state index contributed by atoms with van der Waals surface area (Å²) in [5.41, 5.74) is 6.47.